The number of hydrogen-bond donors (Lipinski definition) is 1. The second-order valence-corrected chi connectivity index (χ2v) is 5.78. The Morgan fingerprint density at radius 2 is 1.86 bits per heavy atom. The van der Waals surface area contributed by atoms with Crippen LogP contribution in [-0.2, 0) is 20.1 Å². The average Bonchev–Trinajstić information content (AvgIpc) is 3.03. The molecule has 0 bridgehead atoms. The van der Waals surface area contributed by atoms with E-state index in [-0.39, 0.29) is 0 Å². The standard InChI is InChI=1S/C17H14N4O/c1-19-14-7-6-11(22)10-15(14)21-9-8-20-13-5-3-2-4-12(13)18-16(20)17(19)21/h2-7,10H,8-9H2,1H3/p+1. The zero-order valence-corrected chi connectivity index (χ0v) is 12.2. The second kappa shape index (κ2) is 3.88. The van der Waals surface area contributed by atoms with Crippen molar-refractivity contribution in [2.45, 2.75) is 13.1 Å². The van der Waals surface area contributed by atoms with E-state index in [1.807, 2.05) is 18.2 Å². The van der Waals surface area contributed by atoms with Gasteiger partial charge in [-0.15, -0.1) is 0 Å². The maximum Gasteiger partial charge on any atom is 0.326 e. The molecule has 0 fully saturated rings. The molecule has 0 aliphatic carbocycles. The lowest BCUT2D eigenvalue weighted by molar-refractivity contribution is -0.634. The summed E-state index contributed by atoms with van der Waals surface area (Å²) >= 11 is 0. The summed E-state index contributed by atoms with van der Waals surface area (Å²) in [4.78, 5) is 4.83. The highest BCUT2D eigenvalue weighted by molar-refractivity contribution is 5.82. The molecule has 2 aromatic carbocycles. The molecule has 0 atom stereocenters. The quantitative estimate of drug-likeness (QED) is 0.505. The van der Waals surface area contributed by atoms with E-state index < -0.39 is 0 Å². The van der Waals surface area contributed by atoms with Crippen molar-refractivity contribution in [2.24, 2.45) is 7.05 Å². The first kappa shape index (κ1) is 11.8. The largest absolute Gasteiger partial charge is 0.508 e. The molecule has 0 radical (unpaired) electrons. The Bertz CT molecular complexity index is 1060. The van der Waals surface area contributed by atoms with Crippen LogP contribution in [-0.4, -0.2) is 19.2 Å². The summed E-state index contributed by atoms with van der Waals surface area (Å²) < 4.78 is 6.69. The smallest absolute Gasteiger partial charge is 0.326 e. The third kappa shape index (κ3) is 1.33. The van der Waals surface area contributed by atoms with Crippen molar-refractivity contribution in [3.05, 3.63) is 42.5 Å². The van der Waals surface area contributed by atoms with E-state index in [9.17, 15) is 5.11 Å². The normalized spacial score (nSPS) is 13.5. The van der Waals surface area contributed by atoms with Crippen molar-refractivity contribution < 1.29 is 9.67 Å². The van der Waals surface area contributed by atoms with Gasteiger partial charge in [0.05, 0.1) is 24.6 Å². The van der Waals surface area contributed by atoms with Gasteiger partial charge in [0.25, 0.3) is 0 Å². The lowest BCUT2D eigenvalue weighted by Gasteiger charge is -2.13. The number of rotatable bonds is 0. The second-order valence-electron chi connectivity index (χ2n) is 5.78. The van der Waals surface area contributed by atoms with Gasteiger partial charge in [-0.05, 0) is 24.3 Å². The number of hydrogen-bond acceptors (Lipinski definition) is 2. The third-order valence-electron chi connectivity index (χ3n) is 4.59. The first-order valence-corrected chi connectivity index (χ1v) is 7.41. The van der Waals surface area contributed by atoms with Crippen molar-refractivity contribution in [2.75, 3.05) is 0 Å². The van der Waals surface area contributed by atoms with Crippen molar-refractivity contribution >= 4 is 22.1 Å². The van der Waals surface area contributed by atoms with Crippen molar-refractivity contribution in [3.63, 3.8) is 0 Å². The van der Waals surface area contributed by atoms with Gasteiger partial charge in [0.1, 0.15) is 12.3 Å². The first-order chi connectivity index (χ1) is 10.7. The Balaban J connectivity index is 1.93. The summed E-state index contributed by atoms with van der Waals surface area (Å²) in [6.45, 7) is 1.77. The maximum absolute atomic E-state index is 9.81. The number of aromatic hydroxyl groups is 1. The number of nitrogens with zero attached hydrogens (tertiary/aromatic N) is 4. The van der Waals surface area contributed by atoms with Crippen LogP contribution in [0.1, 0.15) is 0 Å². The van der Waals surface area contributed by atoms with Gasteiger partial charge in [0, 0.05) is 6.07 Å². The van der Waals surface area contributed by atoms with Crippen LogP contribution in [0.5, 0.6) is 5.75 Å². The van der Waals surface area contributed by atoms with Gasteiger partial charge in [0.2, 0.25) is 5.82 Å². The molecular weight excluding hydrogens is 276 g/mol. The Kier molecular flexibility index (Phi) is 2.08. The number of fused-ring (bicyclic) bond motifs is 7. The molecule has 4 aromatic rings. The van der Waals surface area contributed by atoms with Crippen molar-refractivity contribution in [3.8, 4) is 17.4 Å². The molecule has 1 aliphatic heterocycles. The maximum atomic E-state index is 9.81. The monoisotopic (exact) mass is 291 g/mol. The van der Waals surface area contributed by atoms with Crippen LogP contribution in [0.15, 0.2) is 42.5 Å². The molecular formula is C17H15N4O+. The molecule has 0 unspecified atom stereocenters. The first-order valence-electron chi connectivity index (χ1n) is 7.41. The number of para-hydroxylation sites is 2. The number of aromatic nitrogens is 4. The highest BCUT2D eigenvalue weighted by atomic mass is 16.3. The number of phenols is 1. The molecule has 5 nitrogen and oxygen atoms in total. The Morgan fingerprint density at radius 3 is 2.77 bits per heavy atom. The molecule has 1 N–H and O–H groups in total. The summed E-state index contributed by atoms with van der Waals surface area (Å²) in [5.74, 6) is 2.38. The predicted molar refractivity (Wildman–Crippen MR) is 83.5 cm³/mol. The highest BCUT2D eigenvalue weighted by Gasteiger charge is 2.32. The van der Waals surface area contributed by atoms with Gasteiger partial charge in [-0.3, -0.25) is 0 Å². The van der Waals surface area contributed by atoms with E-state index in [1.165, 1.54) is 5.52 Å². The predicted octanol–water partition coefficient (Wildman–Crippen LogP) is 2.20. The van der Waals surface area contributed by atoms with Crippen LogP contribution in [0.2, 0.25) is 0 Å². The van der Waals surface area contributed by atoms with E-state index >= 15 is 0 Å². The molecule has 0 saturated carbocycles. The lowest BCUT2D eigenvalue weighted by atomic mass is 10.3. The molecule has 0 saturated heterocycles. The minimum Gasteiger partial charge on any atom is -0.508 e. The van der Waals surface area contributed by atoms with Crippen LogP contribution in [0.3, 0.4) is 0 Å². The fraction of sp³-hybridized carbons (Fsp3) is 0.176. The van der Waals surface area contributed by atoms with Crippen LogP contribution in [0.25, 0.3) is 33.7 Å². The van der Waals surface area contributed by atoms with Gasteiger partial charge < -0.3 is 9.67 Å². The Labute approximate surface area is 126 Å². The van der Waals surface area contributed by atoms with E-state index in [0.717, 1.165) is 41.3 Å². The van der Waals surface area contributed by atoms with E-state index in [0.29, 0.717) is 5.75 Å². The topological polar surface area (TPSA) is 46.9 Å². The van der Waals surface area contributed by atoms with Gasteiger partial charge in [-0.2, -0.15) is 0 Å². The van der Waals surface area contributed by atoms with Gasteiger partial charge in [0.15, 0.2) is 11.0 Å². The molecule has 3 heterocycles. The molecule has 2 aromatic heterocycles. The average molecular weight is 291 g/mol. The fourth-order valence-electron chi connectivity index (χ4n) is 3.59. The Hall–Kier alpha value is -2.82. The van der Waals surface area contributed by atoms with Crippen LogP contribution in [0, 0.1) is 0 Å². The molecule has 0 spiro atoms. The van der Waals surface area contributed by atoms with Crippen LogP contribution >= 0.6 is 0 Å². The summed E-state index contributed by atoms with van der Waals surface area (Å²) in [6.07, 6.45) is 0. The molecule has 5 heteroatoms. The van der Waals surface area contributed by atoms with E-state index in [4.69, 9.17) is 4.98 Å². The molecule has 0 amide bonds. The molecule has 108 valence electrons. The number of imidazole rings is 2. The summed E-state index contributed by atoms with van der Waals surface area (Å²) in [5.41, 5.74) is 4.36. The summed E-state index contributed by atoms with van der Waals surface area (Å²) in [5, 5.41) is 9.81. The molecule has 1 aliphatic rings. The number of aryl methyl sites for hydroxylation is 3. The van der Waals surface area contributed by atoms with Crippen LogP contribution in [0.4, 0.5) is 0 Å². The van der Waals surface area contributed by atoms with Gasteiger partial charge >= 0.3 is 5.82 Å². The fourth-order valence-corrected chi connectivity index (χ4v) is 3.59. The zero-order chi connectivity index (χ0) is 14.8. The van der Waals surface area contributed by atoms with Gasteiger partial charge in [-0.25, -0.2) is 14.1 Å². The minimum atomic E-state index is 0.299. The third-order valence-corrected chi connectivity index (χ3v) is 4.59. The number of phenolic OH excluding ortho intramolecular Hbond substituents is 1. The van der Waals surface area contributed by atoms with E-state index in [2.05, 4.69) is 38.9 Å². The summed E-state index contributed by atoms with van der Waals surface area (Å²) in [7, 11) is 2.06. The molecule has 22 heavy (non-hydrogen) atoms. The van der Waals surface area contributed by atoms with Gasteiger partial charge in [-0.1, -0.05) is 12.1 Å². The number of benzene rings is 2. The van der Waals surface area contributed by atoms with Crippen LogP contribution < -0.4 is 4.57 Å². The Morgan fingerprint density at radius 1 is 1.05 bits per heavy atom. The highest BCUT2D eigenvalue weighted by Crippen LogP contribution is 2.31. The van der Waals surface area contributed by atoms with Crippen molar-refractivity contribution in [1.82, 2.24) is 14.1 Å². The zero-order valence-electron chi connectivity index (χ0n) is 12.2. The van der Waals surface area contributed by atoms with Crippen molar-refractivity contribution in [1.29, 1.82) is 0 Å². The minimum absolute atomic E-state index is 0.299. The SMILES string of the molecule is C[n+]1c2n(c3cc(O)ccc31)CCn1c-2nc2ccccc21. The van der Waals surface area contributed by atoms with E-state index in [1.54, 1.807) is 6.07 Å². The molecule has 5 rings (SSSR count). The lowest BCUT2D eigenvalue weighted by Crippen LogP contribution is -2.33. The summed E-state index contributed by atoms with van der Waals surface area (Å²) in [6, 6.07) is 13.8.